The predicted octanol–water partition coefficient (Wildman–Crippen LogP) is 2.52. The fourth-order valence-electron chi connectivity index (χ4n) is 1.94. The Morgan fingerprint density at radius 2 is 2.00 bits per heavy atom. The highest BCUT2D eigenvalue weighted by Crippen LogP contribution is 2.28. The molecule has 0 amide bonds. The van der Waals surface area contributed by atoms with Crippen molar-refractivity contribution >= 4 is 10.0 Å². The molecule has 0 atom stereocenters. The number of hydrogen-bond acceptors (Lipinski definition) is 4. The molecule has 0 fully saturated rings. The fourth-order valence-corrected chi connectivity index (χ4v) is 3.05. The molecule has 1 aromatic rings. The van der Waals surface area contributed by atoms with Crippen LogP contribution in [0.4, 0.5) is 0 Å². The second kappa shape index (κ2) is 8.36. The summed E-state index contributed by atoms with van der Waals surface area (Å²) in [5, 5.41) is 0. The van der Waals surface area contributed by atoms with Gasteiger partial charge in [0.1, 0.15) is 5.75 Å². The van der Waals surface area contributed by atoms with E-state index in [1.807, 2.05) is 20.8 Å². The van der Waals surface area contributed by atoms with Crippen LogP contribution >= 0.6 is 0 Å². The molecule has 21 heavy (non-hydrogen) atoms. The normalized spacial score (nSPS) is 11.9. The lowest BCUT2D eigenvalue weighted by Crippen LogP contribution is -2.25. The molecular formula is C15H25NO4S. The van der Waals surface area contributed by atoms with Crippen LogP contribution in [0.25, 0.3) is 0 Å². The molecule has 0 heterocycles. The lowest BCUT2D eigenvalue weighted by atomic mass is 10.0. The van der Waals surface area contributed by atoms with Gasteiger partial charge in [0, 0.05) is 19.8 Å². The zero-order valence-electron chi connectivity index (χ0n) is 13.2. The summed E-state index contributed by atoms with van der Waals surface area (Å²) < 4.78 is 37.5. The Labute approximate surface area is 127 Å². The summed E-state index contributed by atoms with van der Waals surface area (Å²) in [6.45, 7) is 7.48. The van der Waals surface area contributed by atoms with Crippen LogP contribution in [0.15, 0.2) is 23.1 Å². The van der Waals surface area contributed by atoms with Crippen molar-refractivity contribution in [2.45, 2.75) is 38.0 Å². The van der Waals surface area contributed by atoms with Crippen molar-refractivity contribution in [3.63, 3.8) is 0 Å². The molecule has 0 saturated carbocycles. The third-order valence-corrected chi connectivity index (χ3v) is 4.55. The van der Waals surface area contributed by atoms with E-state index >= 15 is 0 Å². The SMILES string of the molecule is CCOCCCNS(=O)(=O)c1ccc(OC)c(C(C)C)c1. The maximum atomic E-state index is 12.2. The number of rotatable bonds is 9. The molecule has 0 radical (unpaired) electrons. The zero-order chi connectivity index (χ0) is 15.9. The molecule has 0 bridgehead atoms. The van der Waals surface area contributed by atoms with Crippen LogP contribution in [0, 0.1) is 0 Å². The maximum Gasteiger partial charge on any atom is 0.240 e. The van der Waals surface area contributed by atoms with E-state index in [9.17, 15) is 8.42 Å². The highest BCUT2D eigenvalue weighted by molar-refractivity contribution is 7.89. The maximum absolute atomic E-state index is 12.2. The lowest BCUT2D eigenvalue weighted by Gasteiger charge is -2.14. The molecule has 0 aromatic heterocycles. The van der Waals surface area contributed by atoms with Crippen molar-refractivity contribution in [2.24, 2.45) is 0 Å². The van der Waals surface area contributed by atoms with E-state index in [2.05, 4.69) is 4.72 Å². The Kier molecular flexibility index (Phi) is 7.14. The molecule has 0 unspecified atom stereocenters. The van der Waals surface area contributed by atoms with Gasteiger partial charge in [0.25, 0.3) is 0 Å². The van der Waals surface area contributed by atoms with Crippen LogP contribution in [-0.2, 0) is 14.8 Å². The molecular weight excluding hydrogens is 290 g/mol. The van der Waals surface area contributed by atoms with Gasteiger partial charge >= 0.3 is 0 Å². The van der Waals surface area contributed by atoms with Gasteiger partial charge in [-0.2, -0.15) is 0 Å². The highest BCUT2D eigenvalue weighted by Gasteiger charge is 2.17. The summed E-state index contributed by atoms with van der Waals surface area (Å²) in [7, 11) is -1.90. The summed E-state index contributed by atoms with van der Waals surface area (Å²) in [5.74, 6) is 0.897. The average molecular weight is 315 g/mol. The van der Waals surface area contributed by atoms with Crippen LogP contribution in [0.5, 0.6) is 5.75 Å². The van der Waals surface area contributed by atoms with Crippen LogP contribution in [0.2, 0.25) is 0 Å². The van der Waals surface area contributed by atoms with Gasteiger partial charge in [0.15, 0.2) is 0 Å². The summed E-state index contributed by atoms with van der Waals surface area (Å²) in [6.07, 6.45) is 0.653. The summed E-state index contributed by atoms with van der Waals surface area (Å²) in [4.78, 5) is 0.267. The number of nitrogens with one attached hydrogen (secondary N) is 1. The quantitative estimate of drug-likeness (QED) is 0.711. The third kappa shape index (κ3) is 5.30. The molecule has 1 rings (SSSR count). The van der Waals surface area contributed by atoms with E-state index in [0.29, 0.717) is 31.9 Å². The zero-order valence-corrected chi connectivity index (χ0v) is 14.0. The molecule has 6 heteroatoms. The van der Waals surface area contributed by atoms with Crippen molar-refractivity contribution in [2.75, 3.05) is 26.9 Å². The Hall–Kier alpha value is -1.11. The van der Waals surface area contributed by atoms with E-state index in [1.54, 1.807) is 25.3 Å². The molecule has 0 saturated heterocycles. The number of hydrogen-bond donors (Lipinski definition) is 1. The van der Waals surface area contributed by atoms with Crippen LogP contribution < -0.4 is 9.46 Å². The molecule has 0 aliphatic carbocycles. The minimum atomic E-state index is -3.49. The van der Waals surface area contributed by atoms with Crippen LogP contribution in [-0.4, -0.2) is 35.3 Å². The average Bonchev–Trinajstić information content (AvgIpc) is 2.46. The first-order chi connectivity index (χ1) is 9.92. The lowest BCUT2D eigenvalue weighted by molar-refractivity contribution is 0.146. The highest BCUT2D eigenvalue weighted by atomic mass is 32.2. The molecule has 1 N–H and O–H groups in total. The molecule has 0 spiro atoms. The Morgan fingerprint density at radius 3 is 2.57 bits per heavy atom. The van der Waals surface area contributed by atoms with E-state index in [4.69, 9.17) is 9.47 Å². The van der Waals surface area contributed by atoms with Gasteiger partial charge in [0.2, 0.25) is 10.0 Å². The predicted molar refractivity (Wildman–Crippen MR) is 83.4 cm³/mol. The van der Waals surface area contributed by atoms with Crippen molar-refractivity contribution in [3.05, 3.63) is 23.8 Å². The Balaban J connectivity index is 2.81. The number of benzene rings is 1. The van der Waals surface area contributed by atoms with Gasteiger partial charge in [0.05, 0.1) is 12.0 Å². The molecule has 0 aliphatic heterocycles. The van der Waals surface area contributed by atoms with Crippen LogP contribution in [0.3, 0.4) is 0 Å². The second-order valence-electron chi connectivity index (χ2n) is 5.01. The first-order valence-electron chi connectivity index (χ1n) is 7.17. The number of methoxy groups -OCH3 is 1. The Bertz CT molecular complexity index is 541. The monoisotopic (exact) mass is 315 g/mol. The standard InChI is InChI=1S/C15H25NO4S/c1-5-20-10-6-9-16-21(17,18)13-7-8-15(19-4)14(11-13)12(2)3/h7-8,11-12,16H,5-6,9-10H2,1-4H3. The molecule has 1 aromatic carbocycles. The third-order valence-electron chi connectivity index (χ3n) is 3.10. The number of ether oxygens (including phenoxy) is 2. The largest absolute Gasteiger partial charge is 0.496 e. The first-order valence-corrected chi connectivity index (χ1v) is 8.66. The minimum Gasteiger partial charge on any atom is -0.496 e. The summed E-state index contributed by atoms with van der Waals surface area (Å²) >= 11 is 0. The first kappa shape index (κ1) is 17.9. The van der Waals surface area contributed by atoms with Crippen molar-refractivity contribution < 1.29 is 17.9 Å². The van der Waals surface area contributed by atoms with E-state index in [1.165, 1.54) is 0 Å². The topological polar surface area (TPSA) is 64.6 Å². The molecule has 120 valence electrons. The summed E-state index contributed by atoms with van der Waals surface area (Å²) in [6, 6.07) is 4.94. The smallest absolute Gasteiger partial charge is 0.240 e. The van der Waals surface area contributed by atoms with Gasteiger partial charge in [-0.25, -0.2) is 13.1 Å². The van der Waals surface area contributed by atoms with Gasteiger partial charge in [-0.1, -0.05) is 13.8 Å². The van der Waals surface area contributed by atoms with E-state index in [0.717, 1.165) is 5.56 Å². The van der Waals surface area contributed by atoms with Gasteiger partial charge in [-0.05, 0) is 43.0 Å². The second-order valence-corrected chi connectivity index (χ2v) is 6.77. The van der Waals surface area contributed by atoms with Crippen molar-refractivity contribution in [1.29, 1.82) is 0 Å². The van der Waals surface area contributed by atoms with Crippen LogP contribution in [0.1, 0.15) is 38.7 Å². The van der Waals surface area contributed by atoms with Gasteiger partial charge < -0.3 is 9.47 Å². The molecule has 5 nitrogen and oxygen atoms in total. The minimum absolute atomic E-state index is 0.188. The van der Waals surface area contributed by atoms with E-state index < -0.39 is 10.0 Å². The summed E-state index contributed by atoms with van der Waals surface area (Å²) in [5.41, 5.74) is 0.884. The molecule has 0 aliphatic rings. The van der Waals surface area contributed by atoms with Gasteiger partial charge in [-0.3, -0.25) is 0 Å². The Morgan fingerprint density at radius 1 is 1.29 bits per heavy atom. The number of sulfonamides is 1. The van der Waals surface area contributed by atoms with E-state index in [-0.39, 0.29) is 10.8 Å². The van der Waals surface area contributed by atoms with Crippen molar-refractivity contribution in [1.82, 2.24) is 4.72 Å². The fraction of sp³-hybridized carbons (Fsp3) is 0.600. The van der Waals surface area contributed by atoms with Crippen molar-refractivity contribution in [3.8, 4) is 5.75 Å². The van der Waals surface area contributed by atoms with Gasteiger partial charge in [-0.15, -0.1) is 0 Å².